The molecule has 0 fully saturated rings. The number of benzene rings is 1. The quantitative estimate of drug-likeness (QED) is 0.831. The van der Waals surface area contributed by atoms with Crippen LogP contribution < -0.4 is 5.73 Å². The number of rotatable bonds is 4. The number of hydrogen-bond donors (Lipinski definition) is 2. The van der Waals surface area contributed by atoms with Gasteiger partial charge in [-0.2, -0.15) is 0 Å². The fourth-order valence-corrected chi connectivity index (χ4v) is 1.93. The summed E-state index contributed by atoms with van der Waals surface area (Å²) in [6.07, 6.45) is 0.687. The molecule has 0 aliphatic rings. The molecule has 1 aromatic carbocycles. The SMILES string of the molecule is NC(CO)Cc1ccc(-c2csnn2)cc1. The largest absolute Gasteiger partial charge is 0.395 e. The maximum Gasteiger partial charge on any atom is 0.105 e. The van der Waals surface area contributed by atoms with Crippen LogP contribution in [-0.2, 0) is 6.42 Å². The number of hydrogen-bond acceptors (Lipinski definition) is 5. The molecule has 1 atom stereocenters. The average molecular weight is 235 g/mol. The highest BCUT2D eigenvalue weighted by Gasteiger charge is 2.04. The van der Waals surface area contributed by atoms with Crippen molar-refractivity contribution >= 4 is 11.5 Å². The van der Waals surface area contributed by atoms with E-state index in [1.807, 2.05) is 29.6 Å². The molecule has 3 N–H and O–H groups in total. The number of nitrogens with zero attached hydrogens (tertiary/aromatic N) is 2. The summed E-state index contributed by atoms with van der Waals surface area (Å²) in [5.41, 5.74) is 8.73. The van der Waals surface area contributed by atoms with E-state index < -0.39 is 0 Å². The predicted molar refractivity (Wildman–Crippen MR) is 64.1 cm³/mol. The van der Waals surface area contributed by atoms with Gasteiger partial charge in [-0.15, -0.1) is 5.10 Å². The summed E-state index contributed by atoms with van der Waals surface area (Å²) >= 11 is 1.34. The minimum Gasteiger partial charge on any atom is -0.395 e. The highest BCUT2D eigenvalue weighted by Crippen LogP contribution is 2.18. The standard InChI is InChI=1S/C11H13N3OS/c12-10(6-15)5-8-1-3-9(4-2-8)11-7-16-14-13-11/h1-4,7,10,15H,5-6,12H2. The first-order valence-corrected chi connectivity index (χ1v) is 5.86. The van der Waals surface area contributed by atoms with Crippen molar-refractivity contribution in [1.29, 1.82) is 0 Å². The lowest BCUT2D eigenvalue weighted by molar-refractivity contribution is 0.265. The highest BCUT2D eigenvalue weighted by molar-refractivity contribution is 7.03. The Hall–Kier alpha value is -1.30. The van der Waals surface area contributed by atoms with Gasteiger partial charge in [0.05, 0.1) is 6.61 Å². The second-order valence-electron chi connectivity index (χ2n) is 3.63. The maximum atomic E-state index is 8.86. The fourth-order valence-electron chi connectivity index (χ4n) is 1.47. The third kappa shape index (κ3) is 2.63. The molecule has 0 bridgehead atoms. The molecule has 1 heterocycles. The van der Waals surface area contributed by atoms with Gasteiger partial charge in [0, 0.05) is 17.0 Å². The van der Waals surface area contributed by atoms with Gasteiger partial charge in [0.15, 0.2) is 0 Å². The van der Waals surface area contributed by atoms with Gasteiger partial charge in [-0.05, 0) is 23.5 Å². The van der Waals surface area contributed by atoms with E-state index in [0.717, 1.165) is 16.8 Å². The first-order valence-electron chi connectivity index (χ1n) is 5.02. The lowest BCUT2D eigenvalue weighted by atomic mass is 10.0. The molecule has 0 radical (unpaired) electrons. The van der Waals surface area contributed by atoms with Crippen LogP contribution in [0, 0.1) is 0 Å². The zero-order valence-electron chi connectivity index (χ0n) is 8.71. The van der Waals surface area contributed by atoms with Crippen LogP contribution in [0.25, 0.3) is 11.3 Å². The smallest absolute Gasteiger partial charge is 0.105 e. The average Bonchev–Trinajstić information content (AvgIpc) is 2.83. The number of aliphatic hydroxyl groups is 1. The Morgan fingerprint density at radius 2 is 2.06 bits per heavy atom. The maximum absolute atomic E-state index is 8.86. The Kier molecular flexibility index (Phi) is 3.61. The van der Waals surface area contributed by atoms with Crippen LogP contribution >= 0.6 is 11.5 Å². The Balaban J connectivity index is 2.11. The van der Waals surface area contributed by atoms with Crippen LogP contribution in [0.3, 0.4) is 0 Å². The summed E-state index contributed by atoms with van der Waals surface area (Å²) in [5.74, 6) is 0. The molecular weight excluding hydrogens is 222 g/mol. The lowest BCUT2D eigenvalue weighted by Crippen LogP contribution is -2.26. The second kappa shape index (κ2) is 5.16. The van der Waals surface area contributed by atoms with E-state index in [1.54, 1.807) is 0 Å². The van der Waals surface area contributed by atoms with Gasteiger partial charge in [0.1, 0.15) is 5.69 Å². The van der Waals surface area contributed by atoms with Gasteiger partial charge in [-0.25, -0.2) is 0 Å². The summed E-state index contributed by atoms with van der Waals surface area (Å²) in [5, 5.41) is 14.8. The normalized spacial score (nSPS) is 12.6. The summed E-state index contributed by atoms with van der Waals surface area (Å²) in [7, 11) is 0. The van der Waals surface area contributed by atoms with E-state index in [9.17, 15) is 0 Å². The van der Waals surface area contributed by atoms with Crippen LogP contribution in [0.2, 0.25) is 0 Å². The molecule has 0 amide bonds. The molecule has 16 heavy (non-hydrogen) atoms. The van der Waals surface area contributed by atoms with Crippen molar-refractivity contribution in [2.75, 3.05) is 6.61 Å². The van der Waals surface area contributed by atoms with Gasteiger partial charge in [0.2, 0.25) is 0 Å². The Morgan fingerprint density at radius 3 is 2.62 bits per heavy atom. The number of aromatic nitrogens is 2. The van der Waals surface area contributed by atoms with Crippen molar-refractivity contribution in [3.05, 3.63) is 35.2 Å². The van der Waals surface area contributed by atoms with Crippen LogP contribution in [0.4, 0.5) is 0 Å². The monoisotopic (exact) mass is 235 g/mol. The van der Waals surface area contributed by atoms with E-state index in [-0.39, 0.29) is 12.6 Å². The molecule has 5 heteroatoms. The molecule has 1 aromatic heterocycles. The second-order valence-corrected chi connectivity index (χ2v) is 4.24. The third-order valence-electron chi connectivity index (χ3n) is 2.34. The molecule has 0 spiro atoms. The van der Waals surface area contributed by atoms with Crippen molar-refractivity contribution in [2.45, 2.75) is 12.5 Å². The molecule has 0 saturated carbocycles. The molecular formula is C11H13N3OS. The number of aliphatic hydroxyl groups excluding tert-OH is 1. The summed E-state index contributed by atoms with van der Waals surface area (Å²) < 4.78 is 3.82. The molecule has 1 unspecified atom stereocenters. The Morgan fingerprint density at radius 1 is 1.31 bits per heavy atom. The zero-order valence-corrected chi connectivity index (χ0v) is 9.52. The molecule has 0 aliphatic heterocycles. The summed E-state index contributed by atoms with van der Waals surface area (Å²) in [6.45, 7) is 0.0117. The van der Waals surface area contributed by atoms with Crippen LogP contribution in [0.5, 0.6) is 0 Å². The molecule has 0 aliphatic carbocycles. The molecule has 2 aromatic rings. The van der Waals surface area contributed by atoms with Crippen LogP contribution in [0.15, 0.2) is 29.6 Å². The Bertz CT molecular complexity index is 427. The van der Waals surface area contributed by atoms with Crippen LogP contribution in [-0.4, -0.2) is 27.3 Å². The van der Waals surface area contributed by atoms with Crippen molar-refractivity contribution in [3.8, 4) is 11.3 Å². The molecule has 2 rings (SSSR count). The van der Waals surface area contributed by atoms with E-state index in [1.165, 1.54) is 11.5 Å². The first-order chi connectivity index (χ1) is 7.79. The van der Waals surface area contributed by atoms with Crippen molar-refractivity contribution in [1.82, 2.24) is 9.59 Å². The lowest BCUT2D eigenvalue weighted by Gasteiger charge is -2.07. The van der Waals surface area contributed by atoms with Gasteiger partial charge in [-0.3, -0.25) is 0 Å². The van der Waals surface area contributed by atoms with Gasteiger partial charge in [0.25, 0.3) is 0 Å². The Labute approximate surface area is 97.9 Å². The molecule has 0 saturated heterocycles. The van der Waals surface area contributed by atoms with Crippen molar-refractivity contribution in [2.24, 2.45) is 5.73 Å². The minimum atomic E-state index is -0.188. The van der Waals surface area contributed by atoms with Gasteiger partial charge in [-0.1, -0.05) is 28.8 Å². The number of nitrogens with two attached hydrogens (primary N) is 1. The predicted octanol–water partition coefficient (Wildman–Crippen LogP) is 1.07. The fraction of sp³-hybridized carbons (Fsp3) is 0.273. The highest BCUT2D eigenvalue weighted by atomic mass is 32.1. The van der Waals surface area contributed by atoms with E-state index in [2.05, 4.69) is 9.59 Å². The van der Waals surface area contributed by atoms with E-state index >= 15 is 0 Å². The topological polar surface area (TPSA) is 72.0 Å². The van der Waals surface area contributed by atoms with E-state index in [4.69, 9.17) is 10.8 Å². The summed E-state index contributed by atoms with van der Waals surface area (Å²) in [4.78, 5) is 0. The third-order valence-corrected chi connectivity index (χ3v) is 2.85. The zero-order chi connectivity index (χ0) is 11.4. The summed E-state index contributed by atoms with van der Waals surface area (Å²) in [6, 6.07) is 7.81. The molecule has 84 valence electrons. The first kappa shape index (κ1) is 11.2. The minimum absolute atomic E-state index is 0.0117. The molecule has 4 nitrogen and oxygen atoms in total. The van der Waals surface area contributed by atoms with E-state index in [0.29, 0.717) is 6.42 Å². The van der Waals surface area contributed by atoms with Gasteiger partial charge >= 0.3 is 0 Å². The van der Waals surface area contributed by atoms with Gasteiger partial charge < -0.3 is 10.8 Å². The van der Waals surface area contributed by atoms with Crippen molar-refractivity contribution in [3.63, 3.8) is 0 Å². The van der Waals surface area contributed by atoms with Crippen LogP contribution in [0.1, 0.15) is 5.56 Å². The van der Waals surface area contributed by atoms with Crippen molar-refractivity contribution < 1.29 is 5.11 Å².